The Bertz CT molecular complexity index is 1110. The van der Waals surface area contributed by atoms with Crippen LogP contribution in [0.25, 0.3) is 21.3 Å². The molecule has 4 aromatic rings. The molecule has 1 N–H and O–H groups in total. The first-order valence-electron chi connectivity index (χ1n) is 8.54. The van der Waals surface area contributed by atoms with Crippen molar-refractivity contribution in [3.63, 3.8) is 0 Å². The minimum Gasteiger partial charge on any atom is -0.395 e. The van der Waals surface area contributed by atoms with E-state index in [-0.39, 0.29) is 17.9 Å². The van der Waals surface area contributed by atoms with Gasteiger partial charge in [-0.05, 0) is 17.7 Å². The van der Waals surface area contributed by atoms with Gasteiger partial charge in [0.05, 0.1) is 23.6 Å². The Morgan fingerprint density at radius 1 is 1.00 bits per heavy atom. The molecule has 28 heavy (non-hydrogen) atoms. The summed E-state index contributed by atoms with van der Waals surface area (Å²) in [6.45, 7) is -0.112. The minimum absolute atomic E-state index is 0.112. The molecule has 0 saturated carbocycles. The van der Waals surface area contributed by atoms with E-state index in [4.69, 9.17) is 0 Å². The van der Waals surface area contributed by atoms with Crippen molar-refractivity contribution >= 4 is 21.4 Å². The third-order valence-electron chi connectivity index (χ3n) is 4.61. The fourth-order valence-electron chi connectivity index (χ4n) is 3.18. The second-order valence-corrected chi connectivity index (χ2v) is 7.24. The Morgan fingerprint density at radius 2 is 1.79 bits per heavy atom. The molecule has 1 unspecified atom stereocenters. The van der Waals surface area contributed by atoms with Crippen LogP contribution >= 0.6 is 11.3 Å². The normalized spacial score (nSPS) is 13.0. The Labute approximate surface area is 163 Å². The Balaban J connectivity index is 1.73. The van der Waals surface area contributed by atoms with E-state index in [9.17, 15) is 18.3 Å². The molecule has 0 bridgehead atoms. The van der Waals surface area contributed by atoms with E-state index in [1.807, 2.05) is 30.3 Å². The second-order valence-electron chi connectivity index (χ2n) is 6.33. The van der Waals surface area contributed by atoms with Gasteiger partial charge in [-0.2, -0.15) is 13.2 Å². The average Bonchev–Trinajstić information content (AvgIpc) is 3.13. The van der Waals surface area contributed by atoms with E-state index in [1.54, 1.807) is 18.2 Å². The number of aliphatic hydroxyl groups excluding tert-OH is 1. The molecule has 3 nitrogen and oxygen atoms in total. The quantitative estimate of drug-likeness (QED) is 0.492. The first-order chi connectivity index (χ1) is 13.5. The molecule has 0 spiro atoms. The summed E-state index contributed by atoms with van der Waals surface area (Å²) in [6, 6.07) is 16.1. The maximum absolute atomic E-state index is 13.1. The number of halogens is 3. The van der Waals surface area contributed by atoms with Crippen LogP contribution in [0.2, 0.25) is 0 Å². The lowest BCUT2D eigenvalue weighted by atomic mass is 9.95. The molecule has 1 atom stereocenters. The number of thiophene rings is 1. The minimum atomic E-state index is -4.37. The van der Waals surface area contributed by atoms with Crippen LogP contribution in [-0.4, -0.2) is 21.7 Å². The van der Waals surface area contributed by atoms with Crippen LogP contribution in [0, 0.1) is 0 Å². The molecular formula is C21H15F3N2OS. The monoisotopic (exact) mass is 400 g/mol. The Kier molecular flexibility index (Phi) is 4.87. The van der Waals surface area contributed by atoms with Gasteiger partial charge in [-0.15, -0.1) is 11.3 Å². The average molecular weight is 400 g/mol. The van der Waals surface area contributed by atoms with Crippen LogP contribution in [-0.2, 0) is 6.18 Å². The van der Waals surface area contributed by atoms with Crippen molar-refractivity contribution < 1.29 is 18.3 Å². The number of aliphatic hydroxyl groups is 1. The van der Waals surface area contributed by atoms with Gasteiger partial charge in [-0.1, -0.05) is 42.5 Å². The lowest BCUT2D eigenvalue weighted by molar-refractivity contribution is -0.136. The zero-order valence-electron chi connectivity index (χ0n) is 14.5. The number of alkyl halides is 3. The summed E-state index contributed by atoms with van der Waals surface area (Å²) in [7, 11) is 0. The second kappa shape index (κ2) is 7.33. The van der Waals surface area contributed by atoms with Gasteiger partial charge in [0.15, 0.2) is 0 Å². The number of hydrogen-bond acceptors (Lipinski definition) is 4. The summed E-state index contributed by atoms with van der Waals surface area (Å²) in [5, 5.41) is 11.2. The maximum atomic E-state index is 13.1. The van der Waals surface area contributed by atoms with Crippen LogP contribution in [0.4, 0.5) is 13.2 Å². The van der Waals surface area contributed by atoms with E-state index in [0.717, 1.165) is 22.3 Å². The van der Waals surface area contributed by atoms with Crippen molar-refractivity contribution in [3.8, 4) is 11.3 Å². The van der Waals surface area contributed by atoms with Gasteiger partial charge >= 0.3 is 6.18 Å². The van der Waals surface area contributed by atoms with Gasteiger partial charge in [0, 0.05) is 26.9 Å². The van der Waals surface area contributed by atoms with Crippen LogP contribution in [0.5, 0.6) is 0 Å². The number of rotatable bonds is 4. The van der Waals surface area contributed by atoms with E-state index in [2.05, 4.69) is 9.97 Å². The number of nitrogens with zero attached hydrogens (tertiary/aromatic N) is 2. The lowest BCUT2D eigenvalue weighted by Crippen LogP contribution is -2.08. The van der Waals surface area contributed by atoms with Crippen LogP contribution in [0.15, 0.2) is 66.3 Å². The van der Waals surface area contributed by atoms with Gasteiger partial charge in [0.1, 0.15) is 6.33 Å². The summed E-state index contributed by atoms with van der Waals surface area (Å²) in [4.78, 5) is 8.57. The first kappa shape index (κ1) is 18.6. The van der Waals surface area contributed by atoms with Crippen LogP contribution in [0.3, 0.4) is 0 Å². The number of hydrogen-bond donors (Lipinski definition) is 1. The molecule has 2 aromatic carbocycles. The van der Waals surface area contributed by atoms with Gasteiger partial charge in [-0.25, -0.2) is 9.97 Å². The highest BCUT2D eigenvalue weighted by molar-refractivity contribution is 7.17. The SMILES string of the molecule is OCC(c1ccccc1)c1cc(-c2ccc3c(C(F)(F)F)csc3c2)ncn1. The molecular weight excluding hydrogens is 385 g/mol. The van der Waals surface area contributed by atoms with Crippen LogP contribution in [0.1, 0.15) is 22.7 Å². The van der Waals surface area contributed by atoms with Gasteiger partial charge in [0.2, 0.25) is 0 Å². The molecule has 0 fully saturated rings. The van der Waals surface area contributed by atoms with E-state index < -0.39 is 11.7 Å². The lowest BCUT2D eigenvalue weighted by Gasteiger charge is -2.14. The largest absolute Gasteiger partial charge is 0.417 e. The molecule has 7 heteroatoms. The molecule has 0 amide bonds. The summed E-state index contributed by atoms with van der Waals surface area (Å²) < 4.78 is 39.8. The van der Waals surface area contributed by atoms with Gasteiger partial charge < -0.3 is 5.11 Å². The van der Waals surface area contributed by atoms with Gasteiger partial charge in [-0.3, -0.25) is 0 Å². The highest BCUT2D eigenvalue weighted by Crippen LogP contribution is 2.39. The molecule has 142 valence electrons. The maximum Gasteiger partial charge on any atom is 0.417 e. The van der Waals surface area contributed by atoms with Gasteiger partial charge in [0.25, 0.3) is 0 Å². The molecule has 0 radical (unpaired) electrons. The molecule has 2 aromatic heterocycles. The molecule has 0 aliphatic carbocycles. The smallest absolute Gasteiger partial charge is 0.395 e. The predicted molar refractivity (Wildman–Crippen MR) is 103 cm³/mol. The number of aromatic nitrogens is 2. The van der Waals surface area contributed by atoms with Crippen molar-refractivity contribution in [2.75, 3.05) is 6.61 Å². The molecule has 0 aliphatic rings. The molecule has 0 saturated heterocycles. The van der Waals surface area contributed by atoms with E-state index in [1.165, 1.54) is 12.4 Å². The van der Waals surface area contributed by atoms with E-state index in [0.29, 0.717) is 21.7 Å². The third kappa shape index (κ3) is 3.50. The standard InChI is InChI=1S/C21H15F3N2OS/c22-21(23,24)17-11-28-20-8-14(6-7-15(17)20)18-9-19(26-12-25-18)16(10-27)13-4-2-1-3-5-13/h1-9,11-12,16,27H,10H2. The highest BCUT2D eigenvalue weighted by Gasteiger charge is 2.33. The van der Waals surface area contributed by atoms with E-state index >= 15 is 0 Å². The van der Waals surface area contributed by atoms with Crippen molar-refractivity contribution in [1.82, 2.24) is 9.97 Å². The Morgan fingerprint density at radius 3 is 2.50 bits per heavy atom. The van der Waals surface area contributed by atoms with Crippen molar-refractivity contribution in [1.29, 1.82) is 0 Å². The highest BCUT2D eigenvalue weighted by atomic mass is 32.1. The first-order valence-corrected chi connectivity index (χ1v) is 9.42. The fourth-order valence-corrected chi connectivity index (χ4v) is 4.19. The Hall–Kier alpha value is -2.77. The van der Waals surface area contributed by atoms with Crippen LogP contribution < -0.4 is 0 Å². The predicted octanol–water partition coefficient (Wildman–Crippen LogP) is 5.50. The van der Waals surface area contributed by atoms with Crippen molar-refractivity contribution in [2.45, 2.75) is 12.1 Å². The number of fused-ring (bicyclic) bond motifs is 1. The molecule has 4 rings (SSSR count). The summed E-state index contributed by atoms with van der Waals surface area (Å²) in [5.74, 6) is -0.301. The summed E-state index contributed by atoms with van der Waals surface area (Å²) in [5.41, 5.74) is 2.27. The zero-order chi connectivity index (χ0) is 19.7. The summed E-state index contributed by atoms with van der Waals surface area (Å²) in [6.07, 6.45) is -2.96. The van der Waals surface area contributed by atoms with Crippen molar-refractivity contribution in [2.24, 2.45) is 0 Å². The third-order valence-corrected chi connectivity index (χ3v) is 5.55. The topological polar surface area (TPSA) is 46.0 Å². The number of benzene rings is 2. The zero-order valence-corrected chi connectivity index (χ0v) is 15.3. The molecule has 0 aliphatic heterocycles. The fraction of sp³-hybridized carbons (Fsp3) is 0.143. The molecule has 2 heterocycles. The van der Waals surface area contributed by atoms with Crippen molar-refractivity contribution in [3.05, 3.63) is 83.1 Å². The summed E-state index contributed by atoms with van der Waals surface area (Å²) >= 11 is 1.06.